The predicted molar refractivity (Wildman–Crippen MR) is 79.4 cm³/mol. The Morgan fingerprint density at radius 3 is 2.79 bits per heavy atom. The van der Waals surface area contributed by atoms with Crippen molar-refractivity contribution in [1.82, 2.24) is 9.97 Å². The van der Waals surface area contributed by atoms with Gasteiger partial charge in [-0.1, -0.05) is 30.3 Å². The summed E-state index contributed by atoms with van der Waals surface area (Å²) in [6.07, 6.45) is 3.40. The third kappa shape index (κ3) is 3.12. The molecule has 1 aliphatic rings. The van der Waals surface area contributed by atoms with Crippen LogP contribution >= 0.6 is 11.8 Å². The SMILES string of the molecule is c1ccc(CSCC2=NCc3nccnc3N2)cc1. The number of nitrogens with zero attached hydrogens (tertiary/aromatic N) is 3. The Morgan fingerprint density at radius 2 is 1.89 bits per heavy atom. The molecule has 0 saturated carbocycles. The average molecular weight is 270 g/mol. The van der Waals surface area contributed by atoms with Gasteiger partial charge in [-0.25, -0.2) is 4.98 Å². The highest BCUT2D eigenvalue weighted by atomic mass is 32.2. The number of nitrogens with one attached hydrogen (secondary N) is 1. The molecular weight excluding hydrogens is 256 g/mol. The van der Waals surface area contributed by atoms with E-state index in [0.717, 1.165) is 28.9 Å². The van der Waals surface area contributed by atoms with Crippen LogP contribution < -0.4 is 5.32 Å². The fourth-order valence-electron chi connectivity index (χ4n) is 1.85. The molecule has 2 heterocycles. The van der Waals surface area contributed by atoms with Gasteiger partial charge >= 0.3 is 0 Å². The van der Waals surface area contributed by atoms with Crippen molar-refractivity contribution in [2.75, 3.05) is 11.1 Å². The molecule has 0 atom stereocenters. The van der Waals surface area contributed by atoms with E-state index in [1.165, 1.54) is 5.56 Å². The van der Waals surface area contributed by atoms with E-state index >= 15 is 0 Å². The number of benzene rings is 1. The minimum atomic E-state index is 0.622. The molecule has 19 heavy (non-hydrogen) atoms. The standard InChI is InChI=1S/C14H14N4S/c1-2-4-11(5-3-1)9-19-10-13-17-8-12-14(18-13)16-7-6-15-12/h1-7H,8-10H2,(H,16,17,18). The van der Waals surface area contributed by atoms with Crippen molar-refractivity contribution in [3.63, 3.8) is 0 Å². The molecule has 0 fully saturated rings. The smallest absolute Gasteiger partial charge is 0.154 e. The molecule has 1 aromatic heterocycles. The quantitative estimate of drug-likeness (QED) is 0.928. The van der Waals surface area contributed by atoms with Gasteiger partial charge < -0.3 is 5.32 Å². The summed E-state index contributed by atoms with van der Waals surface area (Å²) in [5, 5.41) is 3.24. The molecule has 0 amide bonds. The maximum Gasteiger partial charge on any atom is 0.154 e. The molecule has 0 spiro atoms. The van der Waals surface area contributed by atoms with Crippen LogP contribution in [0.25, 0.3) is 0 Å². The Hall–Kier alpha value is -1.88. The van der Waals surface area contributed by atoms with Crippen molar-refractivity contribution in [2.45, 2.75) is 12.3 Å². The summed E-state index contributed by atoms with van der Waals surface area (Å²) < 4.78 is 0. The minimum absolute atomic E-state index is 0.622. The molecule has 0 bridgehead atoms. The van der Waals surface area contributed by atoms with E-state index in [1.54, 1.807) is 12.4 Å². The number of hydrogen-bond acceptors (Lipinski definition) is 5. The maximum atomic E-state index is 4.48. The van der Waals surface area contributed by atoms with Crippen molar-refractivity contribution in [3.8, 4) is 0 Å². The monoisotopic (exact) mass is 270 g/mol. The lowest BCUT2D eigenvalue weighted by Crippen LogP contribution is -2.21. The van der Waals surface area contributed by atoms with E-state index in [2.05, 4.69) is 44.5 Å². The van der Waals surface area contributed by atoms with Crippen LogP contribution in [0.2, 0.25) is 0 Å². The van der Waals surface area contributed by atoms with Crippen molar-refractivity contribution < 1.29 is 0 Å². The van der Waals surface area contributed by atoms with E-state index in [-0.39, 0.29) is 0 Å². The van der Waals surface area contributed by atoms with Crippen LogP contribution in [0.4, 0.5) is 5.82 Å². The Labute approximate surface area is 116 Å². The predicted octanol–water partition coefficient (Wildman–Crippen LogP) is 2.73. The molecule has 1 N–H and O–H groups in total. The topological polar surface area (TPSA) is 50.2 Å². The van der Waals surface area contributed by atoms with Crippen molar-refractivity contribution in [1.29, 1.82) is 0 Å². The molecule has 5 heteroatoms. The maximum absolute atomic E-state index is 4.48. The third-order valence-corrected chi connectivity index (χ3v) is 3.82. The largest absolute Gasteiger partial charge is 0.326 e. The van der Waals surface area contributed by atoms with Gasteiger partial charge in [-0.2, -0.15) is 0 Å². The van der Waals surface area contributed by atoms with Gasteiger partial charge in [0, 0.05) is 18.1 Å². The summed E-state index contributed by atoms with van der Waals surface area (Å²) in [6, 6.07) is 10.5. The molecule has 1 aliphatic heterocycles. The van der Waals surface area contributed by atoms with Crippen LogP contribution in [0.5, 0.6) is 0 Å². The molecule has 0 saturated heterocycles. The van der Waals surface area contributed by atoms with Crippen LogP contribution in [0.1, 0.15) is 11.3 Å². The van der Waals surface area contributed by atoms with Crippen LogP contribution in [0.3, 0.4) is 0 Å². The highest BCUT2D eigenvalue weighted by molar-refractivity contribution is 7.99. The van der Waals surface area contributed by atoms with Gasteiger partial charge in [0.25, 0.3) is 0 Å². The summed E-state index contributed by atoms with van der Waals surface area (Å²) in [5.41, 5.74) is 2.25. The number of aliphatic imine (C=N–C) groups is 1. The lowest BCUT2D eigenvalue weighted by atomic mass is 10.2. The Kier molecular flexibility index (Phi) is 3.74. The van der Waals surface area contributed by atoms with Gasteiger partial charge in [0.2, 0.25) is 0 Å². The van der Waals surface area contributed by atoms with Crippen LogP contribution in [-0.2, 0) is 12.3 Å². The number of thioether (sulfide) groups is 1. The van der Waals surface area contributed by atoms with Gasteiger partial charge in [0.1, 0.15) is 11.5 Å². The van der Waals surface area contributed by atoms with Crippen LogP contribution in [0, 0.1) is 0 Å². The van der Waals surface area contributed by atoms with E-state index < -0.39 is 0 Å². The van der Waals surface area contributed by atoms with E-state index in [0.29, 0.717) is 6.54 Å². The zero-order valence-electron chi connectivity index (χ0n) is 10.4. The summed E-state index contributed by atoms with van der Waals surface area (Å²) in [6.45, 7) is 0.622. The number of hydrogen-bond donors (Lipinski definition) is 1. The highest BCUT2D eigenvalue weighted by Gasteiger charge is 2.12. The van der Waals surface area contributed by atoms with Crippen LogP contribution in [-0.4, -0.2) is 21.6 Å². The third-order valence-electron chi connectivity index (χ3n) is 2.81. The van der Waals surface area contributed by atoms with Gasteiger partial charge in [-0.05, 0) is 5.56 Å². The summed E-state index contributed by atoms with van der Waals surface area (Å²) >= 11 is 1.85. The number of fused-ring (bicyclic) bond motifs is 1. The minimum Gasteiger partial charge on any atom is -0.326 e. The molecule has 3 rings (SSSR count). The van der Waals surface area contributed by atoms with Crippen molar-refractivity contribution in [2.24, 2.45) is 4.99 Å². The summed E-state index contributed by atoms with van der Waals surface area (Å²) in [7, 11) is 0. The van der Waals surface area contributed by atoms with Crippen molar-refractivity contribution in [3.05, 3.63) is 54.0 Å². The molecule has 0 radical (unpaired) electrons. The van der Waals surface area contributed by atoms with Gasteiger partial charge in [-0.15, -0.1) is 11.8 Å². The molecule has 0 aliphatic carbocycles. The number of rotatable bonds is 4. The number of anilines is 1. The van der Waals surface area contributed by atoms with E-state index in [4.69, 9.17) is 0 Å². The normalized spacial score (nSPS) is 13.4. The number of aromatic nitrogens is 2. The first-order valence-corrected chi connectivity index (χ1v) is 7.29. The zero-order valence-corrected chi connectivity index (χ0v) is 11.2. The first kappa shape index (κ1) is 12.2. The lowest BCUT2D eigenvalue weighted by molar-refractivity contribution is 0.948. The molecule has 4 nitrogen and oxygen atoms in total. The lowest BCUT2D eigenvalue weighted by Gasteiger charge is -2.16. The van der Waals surface area contributed by atoms with Gasteiger partial charge in [0.15, 0.2) is 5.82 Å². The second kappa shape index (κ2) is 5.84. The van der Waals surface area contributed by atoms with Gasteiger partial charge in [-0.3, -0.25) is 9.98 Å². The van der Waals surface area contributed by atoms with E-state index in [9.17, 15) is 0 Å². The Morgan fingerprint density at radius 1 is 1.05 bits per heavy atom. The second-order valence-corrected chi connectivity index (χ2v) is 5.20. The molecular formula is C14H14N4S. The van der Waals surface area contributed by atoms with Gasteiger partial charge in [0.05, 0.1) is 12.3 Å². The molecule has 96 valence electrons. The summed E-state index contributed by atoms with van der Waals surface area (Å²) in [5.74, 6) is 3.68. The zero-order chi connectivity index (χ0) is 12.9. The molecule has 1 aromatic carbocycles. The summed E-state index contributed by atoms with van der Waals surface area (Å²) in [4.78, 5) is 13.0. The Balaban J connectivity index is 1.54. The average Bonchev–Trinajstić information content (AvgIpc) is 2.48. The second-order valence-electron chi connectivity index (χ2n) is 4.22. The molecule has 0 unspecified atom stereocenters. The van der Waals surface area contributed by atoms with Crippen molar-refractivity contribution >= 4 is 23.4 Å². The van der Waals surface area contributed by atoms with E-state index in [1.807, 2.05) is 17.8 Å². The fourth-order valence-corrected chi connectivity index (χ4v) is 2.74. The first-order chi connectivity index (χ1) is 9.42. The number of amidine groups is 1. The first-order valence-electron chi connectivity index (χ1n) is 6.14. The highest BCUT2D eigenvalue weighted by Crippen LogP contribution is 2.17. The van der Waals surface area contributed by atoms with Crippen LogP contribution in [0.15, 0.2) is 47.7 Å². The Bertz CT molecular complexity index is 583. The fraction of sp³-hybridized carbons (Fsp3) is 0.214. The molecule has 2 aromatic rings.